The molecule has 2 aliphatic rings. The van der Waals surface area contributed by atoms with Gasteiger partial charge in [-0.2, -0.15) is 11.8 Å². The molecule has 2 N–H and O–H groups in total. The van der Waals surface area contributed by atoms with E-state index in [9.17, 15) is 4.79 Å². The van der Waals surface area contributed by atoms with Gasteiger partial charge in [0.25, 0.3) is 0 Å². The molecule has 2 amide bonds. The minimum Gasteiger partial charge on any atom is -0.332 e. The SMILES string of the molecule is COP(OC)OCCCCCC1SCC2NC(=O)NC21. The van der Waals surface area contributed by atoms with Gasteiger partial charge in [-0.1, -0.05) is 12.8 Å². The molecule has 3 atom stereocenters. The number of thioether (sulfide) groups is 1. The smallest absolute Gasteiger partial charge is 0.332 e. The second-order valence-corrected chi connectivity index (χ2v) is 7.60. The Kier molecular flexibility index (Phi) is 6.84. The van der Waals surface area contributed by atoms with Crippen molar-refractivity contribution >= 4 is 26.4 Å². The lowest BCUT2D eigenvalue weighted by Crippen LogP contribution is -2.36. The molecule has 0 aromatic heterocycles. The van der Waals surface area contributed by atoms with E-state index in [-0.39, 0.29) is 6.03 Å². The van der Waals surface area contributed by atoms with Crippen LogP contribution in [0.1, 0.15) is 25.7 Å². The molecule has 0 saturated carbocycles. The molecular weight excluding hydrogens is 299 g/mol. The van der Waals surface area contributed by atoms with Crippen LogP contribution in [0.5, 0.6) is 0 Å². The van der Waals surface area contributed by atoms with Crippen LogP contribution in [0.2, 0.25) is 0 Å². The van der Waals surface area contributed by atoms with E-state index in [1.165, 1.54) is 0 Å². The fraction of sp³-hybridized carbons (Fsp3) is 0.917. The fourth-order valence-electron chi connectivity index (χ4n) is 2.59. The van der Waals surface area contributed by atoms with Crippen molar-refractivity contribution in [3.05, 3.63) is 0 Å². The van der Waals surface area contributed by atoms with Crippen LogP contribution in [0.4, 0.5) is 4.79 Å². The summed E-state index contributed by atoms with van der Waals surface area (Å²) < 4.78 is 15.5. The Morgan fingerprint density at radius 3 is 2.80 bits per heavy atom. The Bertz CT molecular complexity index is 320. The molecule has 2 saturated heterocycles. The summed E-state index contributed by atoms with van der Waals surface area (Å²) in [4.78, 5) is 11.3. The largest absolute Gasteiger partial charge is 0.332 e. The summed E-state index contributed by atoms with van der Waals surface area (Å²) in [6.07, 6.45) is 4.46. The molecule has 116 valence electrons. The molecule has 3 unspecified atom stereocenters. The molecule has 2 aliphatic heterocycles. The van der Waals surface area contributed by atoms with Crippen molar-refractivity contribution in [3.63, 3.8) is 0 Å². The molecule has 0 spiro atoms. The first kappa shape index (κ1) is 16.3. The number of nitrogens with one attached hydrogen (secondary N) is 2. The van der Waals surface area contributed by atoms with E-state index in [4.69, 9.17) is 13.6 Å². The number of carbonyl (C=O) groups is 1. The molecule has 0 bridgehead atoms. The van der Waals surface area contributed by atoms with E-state index in [0.29, 0.717) is 23.9 Å². The molecule has 6 nitrogen and oxygen atoms in total. The second-order valence-electron chi connectivity index (χ2n) is 4.89. The molecule has 2 heterocycles. The number of amides is 2. The summed E-state index contributed by atoms with van der Waals surface area (Å²) in [5.74, 6) is 1.03. The van der Waals surface area contributed by atoms with Crippen LogP contribution in [-0.4, -0.2) is 49.9 Å². The lowest BCUT2D eigenvalue weighted by Gasteiger charge is -2.16. The molecule has 0 aliphatic carbocycles. The maximum Gasteiger partial charge on any atom is 0.332 e. The Labute approximate surface area is 125 Å². The Morgan fingerprint density at radius 2 is 2.05 bits per heavy atom. The van der Waals surface area contributed by atoms with Crippen molar-refractivity contribution < 1.29 is 18.4 Å². The first-order chi connectivity index (χ1) is 9.74. The minimum absolute atomic E-state index is 0.00816. The lowest BCUT2D eigenvalue weighted by molar-refractivity contribution is 0.202. The van der Waals surface area contributed by atoms with Crippen molar-refractivity contribution in [3.8, 4) is 0 Å². The number of rotatable bonds is 9. The average Bonchev–Trinajstić information content (AvgIpc) is 2.98. The van der Waals surface area contributed by atoms with Crippen molar-refractivity contribution in [1.29, 1.82) is 0 Å². The highest BCUT2D eigenvalue weighted by molar-refractivity contribution is 8.00. The van der Waals surface area contributed by atoms with Gasteiger partial charge in [-0.05, 0) is 12.8 Å². The highest BCUT2D eigenvalue weighted by Crippen LogP contribution is 2.37. The van der Waals surface area contributed by atoms with Gasteiger partial charge in [0.1, 0.15) is 0 Å². The highest BCUT2D eigenvalue weighted by Gasteiger charge is 2.42. The normalized spacial score (nSPS) is 28.6. The Hall–Kier alpha value is -0.0700. The van der Waals surface area contributed by atoms with Crippen LogP contribution in [0.3, 0.4) is 0 Å². The summed E-state index contributed by atoms with van der Waals surface area (Å²) >= 11 is 1.97. The summed E-state index contributed by atoms with van der Waals surface area (Å²) in [5.41, 5.74) is 0. The van der Waals surface area contributed by atoms with Gasteiger partial charge in [0, 0.05) is 25.2 Å². The first-order valence-electron chi connectivity index (χ1n) is 6.94. The van der Waals surface area contributed by atoms with E-state index in [1.54, 1.807) is 14.2 Å². The van der Waals surface area contributed by atoms with Gasteiger partial charge in [0.05, 0.1) is 18.7 Å². The van der Waals surface area contributed by atoms with Crippen LogP contribution in [-0.2, 0) is 13.6 Å². The van der Waals surface area contributed by atoms with Crippen molar-refractivity contribution in [2.45, 2.75) is 43.0 Å². The number of unbranched alkanes of at least 4 members (excludes halogenated alkanes) is 2. The fourth-order valence-corrected chi connectivity index (χ4v) is 4.77. The monoisotopic (exact) mass is 322 g/mol. The van der Waals surface area contributed by atoms with E-state index in [2.05, 4.69) is 10.6 Å². The number of fused-ring (bicyclic) bond motifs is 1. The van der Waals surface area contributed by atoms with Crippen molar-refractivity contribution in [2.24, 2.45) is 0 Å². The van der Waals surface area contributed by atoms with Gasteiger partial charge in [0.15, 0.2) is 0 Å². The molecule has 8 heteroatoms. The highest BCUT2D eigenvalue weighted by atomic mass is 32.2. The number of carbonyl (C=O) groups excluding carboxylic acids is 1. The predicted molar refractivity (Wildman–Crippen MR) is 80.8 cm³/mol. The third kappa shape index (κ3) is 4.46. The molecule has 0 aromatic carbocycles. The van der Waals surface area contributed by atoms with Gasteiger partial charge in [-0.3, -0.25) is 0 Å². The van der Waals surface area contributed by atoms with Crippen molar-refractivity contribution in [2.75, 3.05) is 26.6 Å². The van der Waals surface area contributed by atoms with E-state index < -0.39 is 8.60 Å². The number of hydrogen-bond donors (Lipinski definition) is 2. The van der Waals surface area contributed by atoms with Gasteiger partial charge in [-0.25, -0.2) is 4.79 Å². The predicted octanol–water partition coefficient (Wildman–Crippen LogP) is 2.25. The molecule has 2 fully saturated rings. The molecule has 0 aromatic rings. The third-order valence-electron chi connectivity index (χ3n) is 3.57. The van der Waals surface area contributed by atoms with Crippen LogP contribution >= 0.6 is 20.4 Å². The van der Waals surface area contributed by atoms with E-state index in [0.717, 1.165) is 31.4 Å². The maximum atomic E-state index is 11.3. The minimum atomic E-state index is -1.16. The number of urea groups is 1. The second kappa shape index (κ2) is 8.39. The quantitative estimate of drug-likeness (QED) is 0.387. The molecule has 0 radical (unpaired) electrons. The van der Waals surface area contributed by atoms with Crippen molar-refractivity contribution in [1.82, 2.24) is 10.6 Å². The van der Waals surface area contributed by atoms with Gasteiger partial charge < -0.3 is 24.2 Å². The Morgan fingerprint density at radius 1 is 1.25 bits per heavy atom. The molecular formula is C12H23N2O4PS. The van der Waals surface area contributed by atoms with Crippen LogP contribution < -0.4 is 10.6 Å². The topological polar surface area (TPSA) is 68.8 Å². The molecule has 20 heavy (non-hydrogen) atoms. The lowest BCUT2D eigenvalue weighted by atomic mass is 10.0. The third-order valence-corrected chi connectivity index (χ3v) is 6.06. The Balaban J connectivity index is 1.52. The van der Waals surface area contributed by atoms with Gasteiger partial charge in [0.2, 0.25) is 0 Å². The standard InChI is InChI=1S/C12H23N2O4PS/c1-16-19(17-2)18-7-5-3-4-6-10-11-9(8-20-10)13-12(15)14-11/h9-11H,3-8H2,1-2H3,(H2,13,14,15). The first-order valence-corrected chi connectivity index (χ1v) is 9.09. The zero-order valence-corrected chi connectivity index (χ0v) is 13.7. The molecule has 2 rings (SSSR count). The zero-order chi connectivity index (χ0) is 14.4. The van der Waals surface area contributed by atoms with Crippen LogP contribution in [0.25, 0.3) is 0 Å². The average molecular weight is 322 g/mol. The van der Waals surface area contributed by atoms with Crippen LogP contribution in [0, 0.1) is 0 Å². The summed E-state index contributed by atoms with van der Waals surface area (Å²) in [6, 6.07) is 0.637. The summed E-state index contributed by atoms with van der Waals surface area (Å²) in [6.45, 7) is 0.676. The van der Waals surface area contributed by atoms with E-state index in [1.807, 2.05) is 11.8 Å². The zero-order valence-electron chi connectivity index (χ0n) is 12.0. The van der Waals surface area contributed by atoms with E-state index >= 15 is 0 Å². The summed E-state index contributed by atoms with van der Waals surface area (Å²) in [7, 11) is 2.02. The summed E-state index contributed by atoms with van der Waals surface area (Å²) in [5, 5.41) is 6.54. The maximum absolute atomic E-state index is 11.3. The van der Waals surface area contributed by atoms with Crippen LogP contribution in [0.15, 0.2) is 0 Å². The van der Waals surface area contributed by atoms with Gasteiger partial charge >= 0.3 is 14.6 Å². The van der Waals surface area contributed by atoms with Gasteiger partial charge in [-0.15, -0.1) is 0 Å². The number of hydrogen-bond acceptors (Lipinski definition) is 5.